The van der Waals surface area contributed by atoms with Crippen molar-refractivity contribution in [2.45, 2.75) is 0 Å². The molecule has 11 aromatic rings. The van der Waals surface area contributed by atoms with Gasteiger partial charge in [-0.15, -0.1) is 20.7 Å². The van der Waals surface area contributed by atoms with Crippen LogP contribution in [0.2, 0.25) is 0 Å². The minimum atomic E-state index is -0.345. The first-order valence-electron chi connectivity index (χ1n) is 21.4. The van der Waals surface area contributed by atoms with Crippen molar-refractivity contribution in [3.8, 4) is 33.6 Å². The summed E-state index contributed by atoms with van der Waals surface area (Å²) in [6, 6.07) is 81.6. The Hall–Kier alpha value is -7.41. The van der Waals surface area contributed by atoms with Crippen molar-refractivity contribution in [3.63, 3.8) is 0 Å². The second-order valence-corrected chi connectivity index (χ2v) is 18.8. The van der Waals surface area contributed by atoms with Crippen LogP contribution in [-0.4, -0.2) is 22.8 Å². The molecule has 0 bridgehead atoms. The highest BCUT2D eigenvalue weighted by Crippen LogP contribution is 2.39. The van der Waals surface area contributed by atoms with Gasteiger partial charge in [-0.3, -0.25) is 4.99 Å². The summed E-state index contributed by atoms with van der Waals surface area (Å²) in [7, 11) is 0. The molecule has 0 saturated carbocycles. The number of alkyl halides is 1. The van der Waals surface area contributed by atoms with Gasteiger partial charge in [0.2, 0.25) is 0 Å². The Balaban J connectivity index is 0.925. The summed E-state index contributed by atoms with van der Waals surface area (Å²) in [5.74, 6) is 0. The Morgan fingerprint density at radius 3 is 1.44 bits per heavy atom. The molecule has 0 fully saturated rings. The Morgan fingerprint density at radius 1 is 0.333 bits per heavy atom. The topological polar surface area (TPSA) is 22.2 Å². The fraction of sp³-hybridized carbons (Fsp3) is 0.0169. The maximum absolute atomic E-state index is 5.30. The van der Waals surface area contributed by atoms with E-state index in [0.29, 0.717) is 0 Å². The molecule has 4 heteroatoms. The van der Waals surface area contributed by atoms with E-state index < -0.39 is 0 Å². The average molecular weight is 918 g/mol. The lowest BCUT2D eigenvalue weighted by Crippen LogP contribution is -2.02. The van der Waals surface area contributed by atoms with Gasteiger partial charge in [0.15, 0.2) is 0 Å². The lowest BCUT2D eigenvalue weighted by Gasteiger charge is -2.12. The molecule has 0 amide bonds. The number of aromatic nitrogens is 2. The Morgan fingerprint density at radius 2 is 0.794 bits per heavy atom. The van der Waals surface area contributed by atoms with Gasteiger partial charge in [0, 0.05) is 46.4 Å². The number of rotatable bonds is 7. The number of halogens is 1. The van der Waals surface area contributed by atoms with Crippen LogP contribution >= 0.6 is 20.7 Å². The SMILES string of the molecule is C1=C(c2ccccc2)N=C(c2ccccc2)CI=C1c1cccc(-c2cccc(-n3c4ccccc4c4cc(-c5ccc6c(c5)c5ccccc5n6-c5ccccc5)ccc43)c2)c1. The summed E-state index contributed by atoms with van der Waals surface area (Å²) < 4.78 is 7.19. The van der Waals surface area contributed by atoms with Gasteiger partial charge >= 0.3 is 0 Å². The molecule has 1 aliphatic heterocycles. The van der Waals surface area contributed by atoms with Crippen LogP contribution in [-0.2, 0) is 0 Å². The first-order chi connectivity index (χ1) is 31.2. The molecule has 12 rings (SSSR count). The van der Waals surface area contributed by atoms with E-state index in [-0.39, 0.29) is 20.7 Å². The molecule has 0 spiro atoms. The van der Waals surface area contributed by atoms with E-state index in [1.807, 2.05) is 0 Å². The van der Waals surface area contributed by atoms with E-state index in [1.165, 1.54) is 91.9 Å². The van der Waals surface area contributed by atoms with Crippen LogP contribution in [0.4, 0.5) is 0 Å². The standard InChI is InChI=1S/C59H40IN3/c1-4-16-40(17-5-1)54-38-53(60-39-55(61-54)41-18-6-2-7-19-41)46-22-14-20-42(34-46)43-21-15-25-48(35-43)63-57-29-13-11-27-50(57)52-37-45(31-33-59(52)63)44-30-32-58-51(36-44)49-26-10-12-28-56(49)62(58)47-23-8-3-9-24-47/h1-38H,39H2. The number of para-hydroxylation sites is 3. The third-order valence-corrected chi connectivity index (χ3v) is 15.2. The van der Waals surface area contributed by atoms with Crippen molar-refractivity contribution < 1.29 is 0 Å². The molecule has 0 N–H and O–H groups in total. The number of nitrogens with zero attached hydrogens (tertiary/aromatic N) is 3. The van der Waals surface area contributed by atoms with Crippen LogP contribution in [0.3, 0.4) is 0 Å². The molecule has 3 heterocycles. The summed E-state index contributed by atoms with van der Waals surface area (Å²) >= 11 is -0.345. The molecular weight excluding hydrogens is 878 g/mol. The Labute approximate surface area is 376 Å². The fourth-order valence-corrected chi connectivity index (χ4v) is 12.0. The molecular formula is C59H40IN3. The Kier molecular flexibility index (Phi) is 9.37. The molecule has 63 heavy (non-hydrogen) atoms. The van der Waals surface area contributed by atoms with Crippen LogP contribution in [0.1, 0.15) is 16.7 Å². The fourth-order valence-electron chi connectivity index (χ4n) is 9.30. The summed E-state index contributed by atoms with van der Waals surface area (Å²) in [4.78, 5) is 5.30. The minimum Gasteiger partial charge on any atom is -0.309 e. The lowest BCUT2D eigenvalue weighted by atomic mass is 10.00. The monoisotopic (exact) mass is 917 g/mol. The Bertz CT molecular complexity index is 3630. The summed E-state index contributed by atoms with van der Waals surface area (Å²) in [5.41, 5.74) is 17.8. The quantitative estimate of drug-likeness (QED) is 0.112. The number of allylic oxidation sites excluding steroid dienone is 1. The number of hydrogen-bond donors (Lipinski definition) is 0. The van der Waals surface area contributed by atoms with Gasteiger partial charge in [-0.25, -0.2) is 0 Å². The average Bonchev–Trinajstić information content (AvgIpc) is 3.76. The van der Waals surface area contributed by atoms with Gasteiger partial charge < -0.3 is 9.13 Å². The van der Waals surface area contributed by atoms with Gasteiger partial charge in [-0.1, -0.05) is 158 Å². The maximum atomic E-state index is 5.30. The number of hydrogen-bond acceptors (Lipinski definition) is 1. The van der Waals surface area contributed by atoms with E-state index in [9.17, 15) is 0 Å². The summed E-state index contributed by atoms with van der Waals surface area (Å²) in [6.07, 6.45) is 2.35. The zero-order valence-corrected chi connectivity index (χ0v) is 36.5. The van der Waals surface area contributed by atoms with Crippen molar-refractivity contribution in [2.75, 3.05) is 4.43 Å². The predicted octanol–water partition coefficient (Wildman–Crippen LogP) is 15.2. The lowest BCUT2D eigenvalue weighted by molar-refractivity contribution is 1.18. The molecule has 2 aromatic heterocycles. The zero-order valence-electron chi connectivity index (χ0n) is 34.4. The predicted molar refractivity (Wildman–Crippen MR) is 276 cm³/mol. The number of aliphatic imine (C=N–C) groups is 1. The zero-order chi connectivity index (χ0) is 41.7. The highest BCUT2D eigenvalue weighted by atomic mass is 127. The third kappa shape index (κ3) is 6.75. The van der Waals surface area contributed by atoms with Crippen LogP contribution in [0.25, 0.3) is 82.9 Å². The first-order valence-corrected chi connectivity index (χ1v) is 24.0. The van der Waals surface area contributed by atoms with Crippen LogP contribution in [0.5, 0.6) is 0 Å². The van der Waals surface area contributed by atoms with E-state index in [0.717, 1.165) is 21.4 Å². The van der Waals surface area contributed by atoms with Gasteiger partial charge in [0.25, 0.3) is 0 Å². The molecule has 9 aromatic carbocycles. The van der Waals surface area contributed by atoms with Crippen molar-refractivity contribution in [1.82, 2.24) is 9.13 Å². The maximum Gasteiger partial charge on any atom is 0.0716 e. The summed E-state index contributed by atoms with van der Waals surface area (Å²) in [6.45, 7) is 0. The molecule has 0 aliphatic carbocycles. The van der Waals surface area contributed by atoms with Crippen molar-refractivity contribution in [1.29, 1.82) is 0 Å². The molecule has 0 unspecified atom stereocenters. The summed E-state index contributed by atoms with van der Waals surface area (Å²) in [5, 5.41) is 5.01. The molecule has 1 aliphatic rings. The first kappa shape index (κ1) is 37.4. The second kappa shape index (κ2) is 15.8. The van der Waals surface area contributed by atoms with Crippen LogP contribution in [0, 0.1) is 0 Å². The highest BCUT2D eigenvalue weighted by molar-refractivity contribution is 14.2. The van der Waals surface area contributed by atoms with Gasteiger partial charge in [-0.2, -0.15) is 0 Å². The van der Waals surface area contributed by atoms with Gasteiger partial charge in [0.1, 0.15) is 0 Å². The molecule has 0 saturated heterocycles. The smallest absolute Gasteiger partial charge is 0.0716 e. The van der Waals surface area contributed by atoms with Crippen molar-refractivity contribution >= 4 is 79.3 Å². The van der Waals surface area contributed by atoms with E-state index in [4.69, 9.17) is 4.99 Å². The van der Waals surface area contributed by atoms with Crippen molar-refractivity contribution in [3.05, 3.63) is 247 Å². The van der Waals surface area contributed by atoms with Gasteiger partial charge in [0.05, 0.1) is 33.5 Å². The molecule has 0 radical (unpaired) electrons. The van der Waals surface area contributed by atoms with Crippen LogP contribution < -0.4 is 0 Å². The largest absolute Gasteiger partial charge is 0.309 e. The minimum absolute atomic E-state index is 0.345. The molecule has 0 atom stereocenters. The second-order valence-electron chi connectivity index (χ2n) is 16.1. The number of benzene rings is 9. The van der Waals surface area contributed by atoms with E-state index in [2.05, 4.69) is 240 Å². The van der Waals surface area contributed by atoms with Gasteiger partial charge in [-0.05, 0) is 106 Å². The number of fused-ring (bicyclic) bond motifs is 6. The molecule has 298 valence electrons. The normalized spacial score (nSPS) is 13.1. The van der Waals surface area contributed by atoms with Crippen LogP contribution in [0.15, 0.2) is 236 Å². The van der Waals surface area contributed by atoms with Crippen molar-refractivity contribution in [2.24, 2.45) is 4.99 Å². The third-order valence-electron chi connectivity index (χ3n) is 12.3. The highest BCUT2D eigenvalue weighted by Gasteiger charge is 2.18. The van der Waals surface area contributed by atoms with E-state index in [1.54, 1.807) is 0 Å². The molecule has 3 nitrogen and oxygen atoms in total. The van der Waals surface area contributed by atoms with E-state index >= 15 is 0 Å².